The molecular weight excluding hydrogens is 632 g/mol. The molecule has 45 heavy (non-hydrogen) atoms. The van der Waals surface area contributed by atoms with Crippen LogP contribution in [0.4, 0.5) is 34.6 Å². The number of rotatable bonds is 6. The number of aromatic nitrogens is 1. The fourth-order valence-corrected chi connectivity index (χ4v) is 8.38. The number of thioether (sulfide) groups is 1. The van der Waals surface area contributed by atoms with Crippen molar-refractivity contribution < 1.29 is 31.9 Å². The van der Waals surface area contributed by atoms with E-state index < -0.39 is 69.5 Å². The van der Waals surface area contributed by atoms with Gasteiger partial charge in [0.1, 0.15) is 17.6 Å². The average Bonchev–Trinajstić information content (AvgIpc) is 3.43. The lowest BCUT2D eigenvalue weighted by atomic mass is 9.83. The first-order chi connectivity index (χ1) is 21.3. The molecule has 0 spiro atoms. The third-order valence-electron chi connectivity index (χ3n) is 7.71. The van der Waals surface area contributed by atoms with Crippen LogP contribution in [0.25, 0.3) is 0 Å². The number of imide groups is 1. The van der Waals surface area contributed by atoms with Crippen molar-refractivity contribution in [3.8, 4) is 0 Å². The van der Waals surface area contributed by atoms with Crippen molar-refractivity contribution in [2.45, 2.75) is 28.9 Å². The number of hydrogen-bond acceptors (Lipinski definition) is 7. The summed E-state index contributed by atoms with van der Waals surface area (Å²) in [5.74, 6) is -4.13. The molecule has 0 bridgehead atoms. The first-order valence-electron chi connectivity index (χ1n) is 13.6. The lowest BCUT2D eigenvalue weighted by Crippen LogP contribution is -2.33. The number of para-hydroxylation sites is 1. The van der Waals surface area contributed by atoms with E-state index in [9.17, 15) is 36.7 Å². The van der Waals surface area contributed by atoms with Gasteiger partial charge >= 0.3 is 11.0 Å². The second kappa shape index (κ2) is 11.5. The molecule has 6 rings (SSSR count). The number of nitrogens with one attached hydrogen (secondary N) is 1. The molecule has 1 N–H and O–H groups in total. The molecule has 3 amide bonds. The average molecular weight is 657 g/mol. The fraction of sp³-hybridized carbons (Fsp3) is 0.226. The number of nitrogens with zero attached hydrogens (tertiary/aromatic N) is 3. The summed E-state index contributed by atoms with van der Waals surface area (Å²) < 4.78 is 55.3. The largest absolute Gasteiger partial charge is 0.418 e. The fourth-order valence-electron chi connectivity index (χ4n) is 5.61. The van der Waals surface area contributed by atoms with Gasteiger partial charge < -0.3 is 10.2 Å². The summed E-state index contributed by atoms with van der Waals surface area (Å²) in [6, 6.07) is 16.8. The lowest BCUT2D eigenvalue weighted by Gasteiger charge is -2.31. The molecule has 14 heteroatoms. The Kier molecular flexibility index (Phi) is 7.81. The smallest absolute Gasteiger partial charge is 0.378 e. The Balaban J connectivity index is 1.40. The van der Waals surface area contributed by atoms with Crippen LogP contribution in [0, 0.1) is 11.7 Å². The number of carbonyl (C=O) groups excluding carboxylic acids is 3. The Hall–Kier alpha value is -4.43. The monoisotopic (exact) mass is 656 g/mol. The van der Waals surface area contributed by atoms with E-state index in [-0.39, 0.29) is 10.7 Å². The van der Waals surface area contributed by atoms with Crippen molar-refractivity contribution >= 4 is 57.9 Å². The number of anilines is 3. The molecule has 1 saturated heterocycles. The Labute approximate surface area is 262 Å². The van der Waals surface area contributed by atoms with Crippen LogP contribution in [0.5, 0.6) is 0 Å². The molecule has 1 fully saturated rings. The van der Waals surface area contributed by atoms with Crippen molar-refractivity contribution in [2.24, 2.45) is 5.92 Å². The summed E-state index contributed by atoms with van der Waals surface area (Å²) in [7, 11) is 3.73. The molecule has 2 aliphatic heterocycles. The van der Waals surface area contributed by atoms with Crippen molar-refractivity contribution in [1.82, 2.24) is 4.57 Å². The van der Waals surface area contributed by atoms with Gasteiger partial charge in [-0.1, -0.05) is 47.4 Å². The summed E-state index contributed by atoms with van der Waals surface area (Å²) in [5, 5.41) is 1.56. The van der Waals surface area contributed by atoms with Crippen molar-refractivity contribution in [1.29, 1.82) is 0 Å². The quantitative estimate of drug-likeness (QED) is 0.216. The minimum Gasteiger partial charge on any atom is -0.378 e. The highest BCUT2D eigenvalue weighted by atomic mass is 32.2. The molecule has 3 atom stereocenters. The SMILES string of the molecule is CN(C)c1ccc([C@H]2c3sc(=O)n(CC(=O)Nc4ccccc4C(F)(F)F)c3SC3C(=O)N(c4ccc(F)cc4)C(=O)C32)cc1. The first kappa shape index (κ1) is 30.6. The zero-order valence-electron chi connectivity index (χ0n) is 23.7. The van der Waals surface area contributed by atoms with Crippen LogP contribution in [0.1, 0.15) is 21.9 Å². The molecule has 2 aliphatic rings. The molecule has 0 saturated carbocycles. The maximum absolute atomic E-state index is 13.9. The van der Waals surface area contributed by atoms with E-state index in [2.05, 4.69) is 5.32 Å². The standard InChI is InChI=1S/C31H24F4N4O4S2/c1-37(2)18-11-7-16(8-12-18)23-24-25(28(42)39(27(24)41)19-13-9-17(32)10-14-19)44-29-26(23)45-30(43)38(29)15-22(40)36-21-6-4-3-5-20(21)31(33,34)35/h3-14,23-25H,15H2,1-2H3,(H,36,40)/t23-,24?,25?/m1/s1. The Bertz CT molecular complexity index is 1870. The van der Waals surface area contributed by atoms with Gasteiger partial charge in [-0.05, 0) is 54.1 Å². The van der Waals surface area contributed by atoms with Gasteiger partial charge in [-0.25, -0.2) is 9.29 Å². The van der Waals surface area contributed by atoms with Crippen LogP contribution < -0.4 is 20.0 Å². The van der Waals surface area contributed by atoms with Crippen LogP contribution in [0.2, 0.25) is 0 Å². The molecule has 0 aliphatic carbocycles. The maximum Gasteiger partial charge on any atom is 0.418 e. The van der Waals surface area contributed by atoms with Gasteiger partial charge in [0, 0.05) is 30.6 Å². The molecular formula is C31H24F4N4O4S2. The van der Waals surface area contributed by atoms with Crippen LogP contribution in [-0.2, 0) is 27.1 Å². The summed E-state index contributed by atoms with van der Waals surface area (Å²) in [4.78, 5) is 56.9. The number of thiazole rings is 1. The molecule has 0 radical (unpaired) electrons. The third-order valence-corrected chi connectivity index (χ3v) is 10.3. The van der Waals surface area contributed by atoms with E-state index in [1.165, 1.54) is 24.3 Å². The molecule has 8 nitrogen and oxygen atoms in total. The van der Waals surface area contributed by atoms with E-state index in [0.717, 1.165) is 62.5 Å². The number of carbonyl (C=O) groups is 3. The van der Waals surface area contributed by atoms with Crippen molar-refractivity contribution in [2.75, 3.05) is 29.2 Å². The van der Waals surface area contributed by atoms with Crippen molar-refractivity contribution in [3.63, 3.8) is 0 Å². The number of halogens is 4. The number of amides is 3. The van der Waals surface area contributed by atoms with E-state index >= 15 is 0 Å². The van der Waals surface area contributed by atoms with Crippen LogP contribution in [-0.4, -0.2) is 41.6 Å². The second-order valence-corrected chi connectivity index (χ2v) is 12.9. The zero-order chi connectivity index (χ0) is 32.2. The first-order valence-corrected chi connectivity index (χ1v) is 15.3. The molecule has 2 unspecified atom stereocenters. The summed E-state index contributed by atoms with van der Waals surface area (Å²) in [6.45, 7) is -0.614. The van der Waals surface area contributed by atoms with Gasteiger partial charge in [0.25, 0.3) is 0 Å². The predicted molar refractivity (Wildman–Crippen MR) is 163 cm³/mol. The zero-order valence-corrected chi connectivity index (χ0v) is 25.3. The molecule has 232 valence electrons. The van der Waals surface area contributed by atoms with Gasteiger partial charge in [0.15, 0.2) is 0 Å². The van der Waals surface area contributed by atoms with Gasteiger partial charge in [0.05, 0.1) is 27.9 Å². The highest BCUT2D eigenvalue weighted by Gasteiger charge is 2.56. The Morgan fingerprint density at radius 2 is 1.60 bits per heavy atom. The van der Waals surface area contributed by atoms with E-state index in [0.29, 0.717) is 10.4 Å². The number of hydrogen-bond donors (Lipinski definition) is 1. The van der Waals surface area contributed by atoms with Gasteiger partial charge in [-0.2, -0.15) is 13.2 Å². The van der Waals surface area contributed by atoms with Crippen LogP contribution >= 0.6 is 23.1 Å². The van der Waals surface area contributed by atoms with Crippen LogP contribution in [0.3, 0.4) is 0 Å². The van der Waals surface area contributed by atoms with E-state index in [4.69, 9.17) is 0 Å². The molecule has 3 heterocycles. The Morgan fingerprint density at radius 3 is 2.24 bits per heavy atom. The highest BCUT2D eigenvalue weighted by Crippen LogP contribution is 2.54. The predicted octanol–water partition coefficient (Wildman–Crippen LogP) is 5.57. The molecule has 1 aromatic heterocycles. The number of alkyl halides is 3. The molecule has 3 aromatic carbocycles. The number of benzene rings is 3. The third kappa shape index (κ3) is 5.52. The topological polar surface area (TPSA) is 91.7 Å². The normalized spacial score (nSPS) is 19.3. The second-order valence-electron chi connectivity index (χ2n) is 10.7. The Morgan fingerprint density at radius 1 is 0.933 bits per heavy atom. The molecule has 4 aromatic rings. The van der Waals surface area contributed by atoms with Crippen LogP contribution in [0.15, 0.2) is 82.6 Å². The minimum atomic E-state index is -4.71. The number of fused-ring (bicyclic) bond motifs is 2. The van der Waals surface area contributed by atoms with Gasteiger partial charge in [-0.3, -0.25) is 23.7 Å². The van der Waals surface area contributed by atoms with E-state index in [1.54, 1.807) is 0 Å². The summed E-state index contributed by atoms with van der Waals surface area (Å²) in [6.07, 6.45) is -4.71. The van der Waals surface area contributed by atoms with E-state index in [1.807, 2.05) is 43.3 Å². The maximum atomic E-state index is 13.9. The highest BCUT2D eigenvalue weighted by molar-refractivity contribution is 8.00. The summed E-state index contributed by atoms with van der Waals surface area (Å²) >= 11 is 1.79. The minimum absolute atomic E-state index is 0.201. The van der Waals surface area contributed by atoms with Gasteiger partial charge in [-0.15, -0.1) is 0 Å². The van der Waals surface area contributed by atoms with Gasteiger partial charge in [0.2, 0.25) is 17.7 Å². The lowest BCUT2D eigenvalue weighted by molar-refractivity contribution is -0.137. The van der Waals surface area contributed by atoms with Crippen molar-refractivity contribution in [3.05, 3.63) is 104 Å². The summed E-state index contributed by atoms with van der Waals surface area (Å²) in [5.41, 5.74) is 0.254.